The lowest BCUT2D eigenvalue weighted by Gasteiger charge is -2.37. The molecule has 2 aliphatic heterocycles. The summed E-state index contributed by atoms with van der Waals surface area (Å²) in [6, 6.07) is 42.5. The second-order valence-electron chi connectivity index (χ2n) is 18.5. The number of carbonyl (C=O) groups is 2. The largest absolute Gasteiger partial charge is 0.493 e. The zero-order valence-corrected chi connectivity index (χ0v) is 42.1. The van der Waals surface area contributed by atoms with Crippen LogP contribution in [-0.2, 0) is 14.3 Å². The maximum atomic E-state index is 11.1. The molecule has 2 saturated heterocycles. The first-order valence-corrected chi connectivity index (χ1v) is 24.2. The van der Waals surface area contributed by atoms with Gasteiger partial charge in [0, 0.05) is 56.1 Å². The van der Waals surface area contributed by atoms with Crippen molar-refractivity contribution in [2.75, 3.05) is 71.5 Å². The standard InChI is InChI=1S/C32H34N6O5.C24H16N8O3/c1-31(16-40-17-31)20-42-26-11-7-24(8-12-26)34-29-36-28(33-23-5-3-22(15-39)4-6-23)37-30(38-29)35-25-9-13-27(14-10-25)43-21-32(2)18-41-19-32;25-14-35-21-11-9-20(10-12-21)29-24-31-22(27-18-3-1-16(13-33)2-4-18)30-23(32-24)28-19-7-5-17(6-8-19)26-15-34/h3-15H,16-21H2,1-2H3,(H3,33,34,35,36,37,38);1-13H,(H3,27,28,29,30,31,32). The highest BCUT2D eigenvalue weighted by Gasteiger charge is 2.35. The summed E-state index contributed by atoms with van der Waals surface area (Å²) < 4.78 is 27.3. The van der Waals surface area contributed by atoms with Gasteiger partial charge in [-0.15, -0.1) is 5.26 Å². The van der Waals surface area contributed by atoms with E-state index < -0.39 is 0 Å². The number of anilines is 12. The monoisotopic (exact) mass is 1050 g/mol. The lowest BCUT2D eigenvalue weighted by Crippen LogP contribution is -2.44. The number of nitriles is 1. The molecule has 2 aromatic heterocycles. The highest BCUT2D eigenvalue weighted by atomic mass is 16.5. The van der Waals surface area contributed by atoms with Gasteiger partial charge in [-0.05, 0) is 146 Å². The molecule has 6 N–H and O–H groups in total. The van der Waals surface area contributed by atoms with Crippen LogP contribution in [0.5, 0.6) is 17.2 Å². The number of rotatable bonds is 22. The zero-order chi connectivity index (χ0) is 54.2. The predicted octanol–water partition coefficient (Wildman–Crippen LogP) is 10.5. The molecule has 0 saturated carbocycles. The first-order valence-electron chi connectivity index (χ1n) is 24.2. The number of nitrogens with zero attached hydrogens (tertiary/aromatic N) is 8. The van der Waals surface area contributed by atoms with Gasteiger partial charge < -0.3 is 55.6 Å². The van der Waals surface area contributed by atoms with Crippen LogP contribution < -0.4 is 46.1 Å². The van der Waals surface area contributed by atoms with Gasteiger partial charge in [-0.3, -0.25) is 9.59 Å². The van der Waals surface area contributed by atoms with Gasteiger partial charge in [0.1, 0.15) is 29.8 Å². The molecule has 22 heteroatoms. The van der Waals surface area contributed by atoms with Crippen LogP contribution in [0, 0.1) is 22.3 Å². The van der Waals surface area contributed by atoms with E-state index in [9.17, 15) is 14.4 Å². The number of hydrogen-bond donors (Lipinski definition) is 6. The molecule has 0 radical (unpaired) electrons. The van der Waals surface area contributed by atoms with Gasteiger partial charge in [0.25, 0.3) is 6.26 Å². The molecule has 0 amide bonds. The summed E-state index contributed by atoms with van der Waals surface area (Å²) in [5.41, 5.74) is 6.02. The molecule has 2 aliphatic rings. The van der Waals surface area contributed by atoms with Crippen LogP contribution in [0.1, 0.15) is 34.6 Å². The van der Waals surface area contributed by atoms with Crippen molar-refractivity contribution in [3.05, 3.63) is 157 Å². The number of hydrogen-bond acceptors (Lipinski definition) is 22. The fourth-order valence-electron chi connectivity index (χ4n) is 7.33. The first kappa shape index (κ1) is 52.5. The summed E-state index contributed by atoms with van der Waals surface area (Å²) in [5.74, 6) is 3.69. The Morgan fingerprint density at radius 3 is 1.01 bits per heavy atom. The second-order valence-corrected chi connectivity index (χ2v) is 18.5. The van der Waals surface area contributed by atoms with Crippen molar-refractivity contribution in [2.45, 2.75) is 13.8 Å². The quantitative estimate of drug-likeness (QED) is 0.0159. The van der Waals surface area contributed by atoms with Gasteiger partial charge in [-0.1, -0.05) is 13.8 Å². The summed E-state index contributed by atoms with van der Waals surface area (Å²) >= 11 is 0. The Bertz CT molecular complexity index is 3320. The molecule has 10 rings (SSSR count). The molecule has 4 heterocycles. The third kappa shape index (κ3) is 14.9. The van der Waals surface area contributed by atoms with Gasteiger partial charge >= 0.3 is 0 Å². The normalized spacial score (nSPS) is 13.3. The smallest absolute Gasteiger partial charge is 0.292 e. The average Bonchev–Trinajstić information content (AvgIpc) is 3.47. The van der Waals surface area contributed by atoms with E-state index in [1.807, 2.05) is 48.5 Å². The summed E-state index contributed by atoms with van der Waals surface area (Å²) in [4.78, 5) is 62.9. The maximum Gasteiger partial charge on any atom is 0.292 e. The van der Waals surface area contributed by atoms with Crippen molar-refractivity contribution in [1.29, 1.82) is 5.26 Å². The van der Waals surface area contributed by atoms with Crippen molar-refractivity contribution in [2.24, 2.45) is 15.8 Å². The Morgan fingerprint density at radius 1 is 0.474 bits per heavy atom. The number of aromatic nitrogens is 6. The van der Waals surface area contributed by atoms with Crippen molar-refractivity contribution in [3.8, 4) is 23.5 Å². The average molecular weight is 1050 g/mol. The molecule has 2 fully saturated rings. The van der Waals surface area contributed by atoms with E-state index in [2.05, 4.69) is 80.6 Å². The lowest BCUT2D eigenvalue weighted by atomic mass is 9.90. The van der Waals surface area contributed by atoms with Crippen molar-refractivity contribution in [3.63, 3.8) is 0 Å². The van der Waals surface area contributed by atoms with E-state index in [1.54, 1.807) is 103 Å². The van der Waals surface area contributed by atoms with Crippen molar-refractivity contribution >= 4 is 94.2 Å². The second kappa shape index (κ2) is 24.8. The minimum Gasteiger partial charge on any atom is -0.493 e. The molecule has 8 aromatic rings. The van der Waals surface area contributed by atoms with Gasteiger partial charge in [-0.2, -0.15) is 34.9 Å². The summed E-state index contributed by atoms with van der Waals surface area (Å²) in [6.07, 6.45) is 4.67. The lowest BCUT2D eigenvalue weighted by molar-refractivity contribution is -0.120. The van der Waals surface area contributed by atoms with E-state index >= 15 is 0 Å². The van der Waals surface area contributed by atoms with Crippen LogP contribution in [0.25, 0.3) is 0 Å². The van der Waals surface area contributed by atoms with E-state index in [4.69, 9.17) is 28.9 Å². The van der Waals surface area contributed by atoms with E-state index in [0.717, 1.165) is 41.1 Å². The molecular formula is C56H50N14O8. The molecule has 22 nitrogen and oxygen atoms in total. The minimum atomic E-state index is 0.0688. The Kier molecular flexibility index (Phi) is 16.7. The Hall–Kier alpha value is -10.3. The van der Waals surface area contributed by atoms with Gasteiger partial charge in [-0.25, -0.2) is 4.79 Å². The molecule has 0 spiro atoms. The number of carbonyl (C=O) groups excluding carboxylic acids is 3. The molecule has 78 heavy (non-hydrogen) atoms. The molecule has 392 valence electrons. The van der Waals surface area contributed by atoms with Gasteiger partial charge in [0.05, 0.1) is 45.3 Å². The van der Waals surface area contributed by atoms with Crippen LogP contribution in [0.3, 0.4) is 0 Å². The Labute approximate surface area is 447 Å². The van der Waals surface area contributed by atoms with E-state index in [-0.39, 0.29) is 28.7 Å². The SMILES string of the molecule is CC1(COc2ccc(Nc3nc(Nc4ccc(C=O)cc4)nc(Nc4ccc(OCC5(C)COC5)cc4)n3)cc2)COC1.N#COc1ccc(Nc2nc(Nc3ccc(C=O)cc3)nc(Nc3ccc(N=C=O)cc3)n2)cc1. The summed E-state index contributed by atoms with van der Waals surface area (Å²) in [6.45, 7) is 8.37. The molecular weight excluding hydrogens is 997 g/mol. The fourth-order valence-corrected chi connectivity index (χ4v) is 7.33. The maximum absolute atomic E-state index is 11.1. The Balaban J connectivity index is 0.000000194. The third-order valence-corrected chi connectivity index (χ3v) is 11.6. The first-order chi connectivity index (χ1) is 38.0. The molecule has 0 aliphatic carbocycles. The number of aldehydes is 2. The number of nitrogens with one attached hydrogen (secondary N) is 6. The van der Waals surface area contributed by atoms with Gasteiger partial charge in [0.15, 0.2) is 0 Å². The van der Waals surface area contributed by atoms with Crippen LogP contribution in [0.2, 0.25) is 0 Å². The third-order valence-electron chi connectivity index (χ3n) is 11.6. The molecule has 6 aromatic carbocycles. The number of aliphatic imine (C=N–C) groups is 1. The number of ether oxygens (including phenoxy) is 5. The van der Waals surface area contributed by atoms with Gasteiger partial charge in [0.2, 0.25) is 41.8 Å². The van der Waals surface area contributed by atoms with Crippen LogP contribution in [0.15, 0.2) is 151 Å². The van der Waals surface area contributed by atoms with Crippen LogP contribution >= 0.6 is 0 Å². The predicted molar refractivity (Wildman–Crippen MR) is 292 cm³/mol. The zero-order valence-electron chi connectivity index (χ0n) is 42.1. The highest BCUT2D eigenvalue weighted by molar-refractivity contribution is 5.77. The van der Waals surface area contributed by atoms with Crippen molar-refractivity contribution < 1.29 is 38.1 Å². The number of isocyanates is 1. The van der Waals surface area contributed by atoms with Crippen LogP contribution in [-0.4, -0.2) is 88.2 Å². The number of benzene rings is 6. The van der Waals surface area contributed by atoms with Crippen LogP contribution in [0.4, 0.5) is 75.5 Å². The molecule has 0 unspecified atom stereocenters. The van der Waals surface area contributed by atoms with E-state index in [1.165, 1.54) is 6.08 Å². The topological polar surface area (TPSA) is 283 Å². The fraction of sp³-hybridized carbons (Fsp3) is 0.179. The minimum absolute atomic E-state index is 0.0688. The Morgan fingerprint density at radius 2 is 0.756 bits per heavy atom. The van der Waals surface area contributed by atoms with Crippen molar-refractivity contribution in [1.82, 2.24) is 29.9 Å². The molecule has 0 atom stereocenters. The summed E-state index contributed by atoms with van der Waals surface area (Å²) in [7, 11) is 0. The molecule has 0 bridgehead atoms. The highest BCUT2D eigenvalue weighted by Crippen LogP contribution is 2.31. The summed E-state index contributed by atoms with van der Waals surface area (Å²) in [5, 5.41) is 27.6. The van der Waals surface area contributed by atoms with E-state index in [0.29, 0.717) is 97.1 Å².